The predicted octanol–water partition coefficient (Wildman–Crippen LogP) is 0.638. The molecule has 7 heteroatoms. The van der Waals surface area contributed by atoms with Crippen LogP contribution >= 0.6 is 0 Å². The van der Waals surface area contributed by atoms with Gasteiger partial charge in [-0.15, -0.1) is 0 Å². The molecule has 0 aliphatic heterocycles. The van der Waals surface area contributed by atoms with E-state index in [9.17, 15) is 4.79 Å². The number of amidine groups is 1. The zero-order valence-corrected chi connectivity index (χ0v) is 10.9. The number of aromatic nitrogens is 2. The normalized spacial score (nSPS) is 12.9. The molecule has 0 saturated carbocycles. The summed E-state index contributed by atoms with van der Waals surface area (Å²) >= 11 is 0. The van der Waals surface area contributed by atoms with Crippen molar-refractivity contribution in [3.63, 3.8) is 0 Å². The number of hydrogen-bond donors (Lipinski definition) is 3. The largest absolute Gasteiger partial charge is 0.409 e. The summed E-state index contributed by atoms with van der Waals surface area (Å²) in [4.78, 5) is 12.2. The van der Waals surface area contributed by atoms with Gasteiger partial charge >= 0.3 is 0 Å². The van der Waals surface area contributed by atoms with Gasteiger partial charge in [0.05, 0.1) is 0 Å². The second kappa shape index (κ2) is 5.87. The van der Waals surface area contributed by atoms with Crippen molar-refractivity contribution >= 4 is 11.7 Å². The molecule has 1 heterocycles. The van der Waals surface area contributed by atoms with Gasteiger partial charge in [-0.2, -0.15) is 5.10 Å². The van der Waals surface area contributed by atoms with E-state index in [1.165, 1.54) is 10.9 Å². The van der Waals surface area contributed by atoms with Gasteiger partial charge < -0.3 is 16.3 Å². The molecule has 104 valence electrons. The molecule has 1 aromatic carbocycles. The van der Waals surface area contributed by atoms with Gasteiger partial charge in [-0.1, -0.05) is 35.5 Å². The molecule has 0 saturated heterocycles. The second-order valence-electron chi connectivity index (χ2n) is 4.18. The highest BCUT2D eigenvalue weighted by molar-refractivity contribution is 5.97. The van der Waals surface area contributed by atoms with Gasteiger partial charge in [0.15, 0.2) is 5.84 Å². The van der Waals surface area contributed by atoms with Crippen molar-refractivity contribution in [3.8, 4) is 0 Å². The highest BCUT2D eigenvalue weighted by Crippen LogP contribution is 2.13. The Balaban J connectivity index is 2.26. The first-order chi connectivity index (χ1) is 9.63. The number of nitrogens with two attached hydrogens (primary N) is 1. The quantitative estimate of drug-likeness (QED) is 0.329. The molecular formula is C13H15N5O2. The van der Waals surface area contributed by atoms with Crippen molar-refractivity contribution in [3.05, 3.63) is 53.9 Å². The van der Waals surface area contributed by atoms with E-state index in [0.717, 1.165) is 5.56 Å². The number of hydrogen-bond acceptors (Lipinski definition) is 4. The van der Waals surface area contributed by atoms with Crippen LogP contribution in [0.5, 0.6) is 0 Å². The lowest BCUT2D eigenvalue weighted by Crippen LogP contribution is -2.38. The molecule has 0 bridgehead atoms. The molecule has 0 aliphatic carbocycles. The van der Waals surface area contributed by atoms with Crippen molar-refractivity contribution in [2.45, 2.75) is 6.04 Å². The van der Waals surface area contributed by atoms with Gasteiger partial charge in [0.2, 0.25) is 0 Å². The van der Waals surface area contributed by atoms with E-state index in [4.69, 9.17) is 10.9 Å². The Morgan fingerprint density at radius 2 is 2.10 bits per heavy atom. The number of benzene rings is 1. The van der Waals surface area contributed by atoms with E-state index >= 15 is 0 Å². The SMILES string of the molecule is Cn1nccc1C(=O)NC(C(N)=NO)c1ccccc1. The first-order valence-corrected chi connectivity index (χ1v) is 5.94. The number of carbonyl (C=O) groups is 1. The van der Waals surface area contributed by atoms with Crippen LogP contribution in [0, 0.1) is 0 Å². The molecule has 1 aromatic heterocycles. The number of carbonyl (C=O) groups excluding carboxylic acids is 1. The van der Waals surface area contributed by atoms with Crippen LogP contribution in [0.3, 0.4) is 0 Å². The number of rotatable bonds is 4. The predicted molar refractivity (Wildman–Crippen MR) is 73.3 cm³/mol. The Morgan fingerprint density at radius 3 is 2.65 bits per heavy atom. The summed E-state index contributed by atoms with van der Waals surface area (Å²) in [6.45, 7) is 0. The standard InChI is InChI=1S/C13H15N5O2/c1-18-10(7-8-15-18)13(19)16-11(12(14)17-20)9-5-3-2-4-6-9/h2-8,11,20H,1H3,(H2,14,17)(H,16,19). The number of oxime groups is 1. The Bertz CT molecular complexity index is 621. The van der Waals surface area contributed by atoms with Gasteiger partial charge in [-0.05, 0) is 11.6 Å². The smallest absolute Gasteiger partial charge is 0.270 e. The first kappa shape index (κ1) is 13.6. The van der Waals surface area contributed by atoms with Crippen molar-refractivity contribution in [2.24, 2.45) is 17.9 Å². The number of nitrogens with zero attached hydrogens (tertiary/aromatic N) is 3. The molecule has 0 radical (unpaired) electrons. The summed E-state index contributed by atoms with van der Waals surface area (Å²) in [6.07, 6.45) is 1.52. The van der Waals surface area contributed by atoms with Crippen LogP contribution in [0.15, 0.2) is 47.8 Å². The topological polar surface area (TPSA) is 106 Å². The van der Waals surface area contributed by atoms with Crippen LogP contribution in [0.1, 0.15) is 22.1 Å². The highest BCUT2D eigenvalue weighted by Gasteiger charge is 2.21. The van der Waals surface area contributed by atoms with E-state index in [2.05, 4.69) is 15.6 Å². The van der Waals surface area contributed by atoms with Crippen LogP contribution in [-0.2, 0) is 7.05 Å². The molecule has 1 unspecified atom stereocenters. The van der Waals surface area contributed by atoms with Crippen LogP contribution in [0.2, 0.25) is 0 Å². The maximum Gasteiger partial charge on any atom is 0.270 e. The molecule has 1 amide bonds. The van der Waals surface area contributed by atoms with E-state index < -0.39 is 6.04 Å². The summed E-state index contributed by atoms with van der Waals surface area (Å²) < 4.78 is 1.45. The Hall–Kier alpha value is -2.83. The zero-order chi connectivity index (χ0) is 14.5. The van der Waals surface area contributed by atoms with Gasteiger partial charge in [-0.25, -0.2) is 0 Å². The minimum Gasteiger partial charge on any atom is -0.409 e. The lowest BCUT2D eigenvalue weighted by Gasteiger charge is -2.17. The summed E-state index contributed by atoms with van der Waals surface area (Å²) in [5, 5.41) is 18.5. The maximum atomic E-state index is 12.2. The summed E-state index contributed by atoms with van der Waals surface area (Å²) in [7, 11) is 1.66. The molecule has 4 N–H and O–H groups in total. The fraction of sp³-hybridized carbons (Fsp3) is 0.154. The average Bonchev–Trinajstić information content (AvgIpc) is 2.91. The fourth-order valence-electron chi connectivity index (χ4n) is 1.83. The molecule has 7 nitrogen and oxygen atoms in total. The van der Waals surface area contributed by atoms with E-state index in [-0.39, 0.29) is 11.7 Å². The second-order valence-corrected chi connectivity index (χ2v) is 4.18. The van der Waals surface area contributed by atoms with Crippen molar-refractivity contribution in [1.29, 1.82) is 0 Å². The van der Waals surface area contributed by atoms with E-state index in [1.54, 1.807) is 25.2 Å². The summed E-state index contributed by atoms with van der Waals surface area (Å²) in [5.74, 6) is -0.447. The Kier molecular flexibility index (Phi) is 3.99. The maximum absolute atomic E-state index is 12.2. The third-order valence-electron chi connectivity index (χ3n) is 2.87. The van der Waals surface area contributed by atoms with Crippen LogP contribution in [-0.4, -0.2) is 26.7 Å². The number of amides is 1. The van der Waals surface area contributed by atoms with Crippen LogP contribution in [0.4, 0.5) is 0 Å². The number of aryl methyl sites for hydroxylation is 1. The number of nitrogens with one attached hydrogen (secondary N) is 1. The minimum atomic E-state index is -0.705. The van der Waals surface area contributed by atoms with Gasteiger partial charge in [0, 0.05) is 13.2 Å². The van der Waals surface area contributed by atoms with Crippen molar-refractivity contribution in [2.75, 3.05) is 0 Å². The molecule has 0 fully saturated rings. The van der Waals surface area contributed by atoms with Gasteiger partial charge in [0.25, 0.3) is 5.91 Å². The van der Waals surface area contributed by atoms with Gasteiger partial charge in [-0.3, -0.25) is 9.48 Å². The van der Waals surface area contributed by atoms with Crippen LogP contribution in [0.25, 0.3) is 0 Å². The average molecular weight is 273 g/mol. The Morgan fingerprint density at radius 1 is 1.40 bits per heavy atom. The fourth-order valence-corrected chi connectivity index (χ4v) is 1.83. The molecular weight excluding hydrogens is 258 g/mol. The van der Waals surface area contributed by atoms with E-state index in [1.807, 2.05) is 18.2 Å². The monoisotopic (exact) mass is 273 g/mol. The molecule has 0 spiro atoms. The molecule has 1 atom stereocenters. The summed E-state index contributed by atoms with van der Waals surface area (Å²) in [6, 6.07) is 9.91. The zero-order valence-electron chi connectivity index (χ0n) is 10.9. The lowest BCUT2D eigenvalue weighted by atomic mass is 10.1. The first-order valence-electron chi connectivity index (χ1n) is 5.94. The lowest BCUT2D eigenvalue weighted by molar-refractivity contribution is 0.0936. The minimum absolute atomic E-state index is 0.0910. The van der Waals surface area contributed by atoms with Gasteiger partial charge in [0.1, 0.15) is 11.7 Å². The Labute approximate surface area is 115 Å². The molecule has 0 aliphatic rings. The highest BCUT2D eigenvalue weighted by atomic mass is 16.4. The van der Waals surface area contributed by atoms with E-state index in [0.29, 0.717) is 5.69 Å². The third kappa shape index (κ3) is 2.77. The summed E-state index contributed by atoms with van der Waals surface area (Å²) in [5.41, 5.74) is 6.76. The van der Waals surface area contributed by atoms with Crippen molar-refractivity contribution < 1.29 is 10.0 Å². The van der Waals surface area contributed by atoms with Crippen LogP contribution < -0.4 is 11.1 Å². The molecule has 2 rings (SSSR count). The molecule has 2 aromatic rings. The molecule has 20 heavy (non-hydrogen) atoms. The van der Waals surface area contributed by atoms with Crippen molar-refractivity contribution in [1.82, 2.24) is 15.1 Å². The third-order valence-corrected chi connectivity index (χ3v) is 2.87.